The second-order valence-corrected chi connectivity index (χ2v) is 8.96. The number of allylic oxidation sites excluding steroid dienone is 4. The fraction of sp³-hybridized carbons (Fsp3) is 0.290. The minimum absolute atomic E-state index is 0.0989. The molecule has 0 saturated carbocycles. The fourth-order valence-corrected chi connectivity index (χ4v) is 4.71. The topological polar surface area (TPSA) is 9.23 Å². The number of benzene rings is 3. The summed E-state index contributed by atoms with van der Waals surface area (Å²) in [5, 5.41) is 0. The summed E-state index contributed by atoms with van der Waals surface area (Å²) in [6, 6.07) is 15.3. The van der Waals surface area contributed by atoms with E-state index in [0.29, 0.717) is 17.0 Å². The molecule has 35 heavy (non-hydrogen) atoms. The van der Waals surface area contributed by atoms with Crippen molar-refractivity contribution in [3.05, 3.63) is 95.8 Å². The van der Waals surface area contributed by atoms with Crippen molar-refractivity contribution < 1.29 is 17.9 Å². The lowest BCUT2D eigenvalue weighted by Crippen LogP contribution is -2.06. The summed E-state index contributed by atoms with van der Waals surface area (Å²) in [5.41, 5.74) is 4.02. The molecule has 0 heterocycles. The van der Waals surface area contributed by atoms with Crippen molar-refractivity contribution in [2.45, 2.75) is 46.0 Å². The van der Waals surface area contributed by atoms with Gasteiger partial charge in [-0.25, -0.2) is 8.78 Å². The van der Waals surface area contributed by atoms with Gasteiger partial charge in [-0.15, -0.1) is 0 Å². The molecule has 1 aliphatic rings. The molecule has 0 aliphatic heterocycles. The first-order valence-electron chi connectivity index (χ1n) is 12.3. The molecule has 0 amide bonds. The van der Waals surface area contributed by atoms with Gasteiger partial charge in [-0.05, 0) is 92.3 Å². The zero-order valence-electron chi connectivity index (χ0n) is 20.3. The molecule has 0 fully saturated rings. The maximum Gasteiger partial charge on any atom is 0.201 e. The van der Waals surface area contributed by atoms with Gasteiger partial charge in [0.2, 0.25) is 5.82 Å². The van der Waals surface area contributed by atoms with Crippen LogP contribution in [0.4, 0.5) is 13.2 Å². The van der Waals surface area contributed by atoms with E-state index < -0.39 is 11.6 Å². The number of hydrogen-bond donors (Lipinski definition) is 0. The summed E-state index contributed by atoms with van der Waals surface area (Å²) in [5.74, 6) is -1.59. The van der Waals surface area contributed by atoms with Crippen LogP contribution in [0.15, 0.2) is 72.8 Å². The van der Waals surface area contributed by atoms with Crippen LogP contribution < -0.4 is 4.74 Å². The van der Waals surface area contributed by atoms with Crippen LogP contribution in [0.3, 0.4) is 0 Å². The van der Waals surface area contributed by atoms with Crippen LogP contribution in [-0.2, 0) is 0 Å². The van der Waals surface area contributed by atoms with E-state index in [2.05, 4.69) is 18.2 Å². The van der Waals surface area contributed by atoms with Crippen LogP contribution >= 0.6 is 0 Å². The molecule has 0 saturated heterocycles. The Kier molecular flexibility index (Phi) is 8.12. The zero-order chi connectivity index (χ0) is 24.8. The second kappa shape index (κ2) is 11.4. The molecule has 1 aliphatic carbocycles. The third-order valence-corrected chi connectivity index (χ3v) is 6.69. The van der Waals surface area contributed by atoms with Gasteiger partial charge < -0.3 is 4.74 Å². The molecule has 0 bridgehead atoms. The summed E-state index contributed by atoms with van der Waals surface area (Å²) < 4.78 is 49.0. The summed E-state index contributed by atoms with van der Waals surface area (Å²) in [4.78, 5) is 0. The lowest BCUT2D eigenvalue weighted by molar-refractivity contribution is 0.314. The molecule has 4 rings (SSSR count). The van der Waals surface area contributed by atoms with Crippen LogP contribution in [-0.4, -0.2) is 6.61 Å². The average molecular weight is 477 g/mol. The Morgan fingerprint density at radius 2 is 1.60 bits per heavy atom. The van der Waals surface area contributed by atoms with Crippen LogP contribution in [0.5, 0.6) is 5.75 Å². The molecule has 3 aromatic rings. The van der Waals surface area contributed by atoms with Crippen molar-refractivity contribution in [3.8, 4) is 28.0 Å². The summed E-state index contributed by atoms with van der Waals surface area (Å²) in [7, 11) is 0. The smallest absolute Gasteiger partial charge is 0.201 e. The predicted molar refractivity (Wildman–Crippen MR) is 138 cm³/mol. The van der Waals surface area contributed by atoms with E-state index >= 15 is 4.39 Å². The highest BCUT2D eigenvalue weighted by Gasteiger charge is 2.18. The van der Waals surface area contributed by atoms with Crippen LogP contribution in [0.2, 0.25) is 0 Å². The molecule has 4 heteroatoms. The summed E-state index contributed by atoms with van der Waals surface area (Å²) >= 11 is 0. The molecule has 0 N–H and O–H groups in total. The highest BCUT2D eigenvalue weighted by atomic mass is 19.2. The lowest BCUT2D eigenvalue weighted by Gasteiger charge is -2.22. The Morgan fingerprint density at radius 3 is 2.26 bits per heavy atom. The van der Waals surface area contributed by atoms with Gasteiger partial charge in [0, 0.05) is 11.1 Å². The molecule has 0 aromatic heterocycles. The third-order valence-electron chi connectivity index (χ3n) is 6.69. The van der Waals surface area contributed by atoms with Gasteiger partial charge in [0.25, 0.3) is 0 Å². The van der Waals surface area contributed by atoms with Crippen molar-refractivity contribution in [2.24, 2.45) is 5.92 Å². The molecule has 182 valence electrons. The average Bonchev–Trinajstić information content (AvgIpc) is 2.88. The Bertz CT molecular complexity index is 1220. The van der Waals surface area contributed by atoms with E-state index in [9.17, 15) is 8.78 Å². The number of rotatable bonds is 8. The second-order valence-electron chi connectivity index (χ2n) is 8.96. The van der Waals surface area contributed by atoms with Crippen molar-refractivity contribution in [1.82, 2.24) is 0 Å². The number of hydrogen-bond acceptors (Lipinski definition) is 1. The molecule has 1 atom stereocenters. The SMILES string of the molecule is CC=CCCC1CC=C(c2ccc(-c3ccc(-c4ccc(OCC)c(F)c4F)cc3)cc2F)CC1. The van der Waals surface area contributed by atoms with E-state index in [1.165, 1.54) is 18.6 Å². The normalized spacial score (nSPS) is 15.9. The monoisotopic (exact) mass is 476 g/mol. The van der Waals surface area contributed by atoms with Gasteiger partial charge in [0.05, 0.1) is 6.61 Å². The van der Waals surface area contributed by atoms with Gasteiger partial charge in [-0.2, -0.15) is 4.39 Å². The first-order valence-corrected chi connectivity index (χ1v) is 12.3. The van der Waals surface area contributed by atoms with Gasteiger partial charge in [-0.1, -0.05) is 54.6 Å². The number of ether oxygens (including phenoxy) is 1. The molecule has 0 radical (unpaired) electrons. The van der Waals surface area contributed by atoms with Crippen molar-refractivity contribution in [1.29, 1.82) is 0 Å². The Morgan fingerprint density at radius 1 is 0.886 bits per heavy atom. The Balaban J connectivity index is 1.49. The predicted octanol–water partition coefficient (Wildman–Crippen LogP) is 9.38. The third kappa shape index (κ3) is 5.70. The van der Waals surface area contributed by atoms with E-state index in [4.69, 9.17) is 4.74 Å². The first-order chi connectivity index (χ1) is 17.0. The Labute approximate surface area is 206 Å². The quantitative estimate of drug-likeness (QED) is 0.294. The highest BCUT2D eigenvalue weighted by molar-refractivity contribution is 5.74. The maximum atomic E-state index is 15.1. The minimum Gasteiger partial charge on any atom is -0.491 e. The van der Waals surface area contributed by atoms with Gasteiger partial charge >= 0.3 is 0 Å². The lowest BCUT2D eigenvalue weighted by atomic mass is 9.84. The molecule has 1 unspecified atom stereocenters. The van der Waals surface area contributed by atoms with Gasteiger partial charge in [0.1, 0.15) is 5.82 Å². The van der Waals surface area contributed by atoms with E-state index in [-0.39, 0.29) is 23.7 Å². The molecular formula is C31H31F3O. The van der Waals surface area contributed by atoms with E-state index in [0.717, 1.165) is 42.4 Å². The molecule has 3 aromatic carbocycles. The largest absolute Gasteiger partial charge is 0.491 e. The first kappa shape index (κ1) is 24.8. The standard InChI is InChI=1S/C31H31F3O/c1-3-5-6-7-21-8-10-23(11-9-21)26-17-16-25(20-28(26)32)22-12-14-24(15-13-22)27-18-19-29(35-4-2)31(34)30(27)33/h3,5,10,12-21H,4,6-9,11H2,1-2H3. The van der Waals surface area contributed by atoms with E-state index in [1.807, 2.05) is 19.1 Å². The Hall–Kier alpha value is -3.27. The molecule has 1 nitrogen and oxygen atoms in total. The maximum absolute atomic E-state index is 15.1. The molecular weight excluding hydrogens is 445 g/mol. The van der Waals surface area contributed by atoms with Crippen LogP contribution in [0.1, 0.15) is 51.5 Å². The van der Waals surface area contributed by atoms with Crippen molar-refractivity contribution in [3.63, 3.8) is 0 Å². The van der Waals surface area contributed by atoms with Gasteiger partial charge in [0.15, 0.2) is 11.6 Å². The van der Waals surface area contributed by atoms with E-state index in [1.54, 1.807) is 37.3 Å². The van der Waals surface area contributed by atoms with Crippen molar-refractivity contribution in [2.75, 3.05) is 6.61 Å². The van der Waals surface area contributed by atoms with Crippen LogP contribution in [0.25, 0.3) is 27.8 Å². The highest BCUT2D eigenvalue weighted by Crippen LogP contribution is 2.36. The number of halogens is 3. The van der Waals surface area contributed by atoms with Crippen molar-refractivity contribution >= 4 is 5.57 Å². The minimum atomic E-state index is -0.993. The zero-order valence-corrected chi connectivity index (χ0v) is 20.3. The summed E-state index contributed by atoms with van der Waals surface area (Å²) in [6.07, 6.45) is 11.8. The fourth-order valence-electron chi connectivity index (χ4n) is 4.71. The summed E-state index contributed by atoms with van der Waals surface area (Å²) in [6.45, 7) is 4.02. The van der Waals surface area contributed by atoms with Crippen LogP contribution in [0, 0.1) is 23.4 Å². The van der Waals surface area contributed by atoms with Gasteiger partial charge in [-0.3, -0.25) is 0 Å². The molecule has 0 spiro atoms.